The Morgan fingerprint density at radius 1 is 1.60 bits per heavy atom. The Balaban J connectivity index is 1.98. The quantitative estimate of drug-likeness (QED) is 0.857. The lowest BCUT2D eigenvalue weighted by atomic mass is 10.1. The number of carbonyl (C=O) groups is 1. The number of halogens is 1. The highest BCUT2D eigenvalue weighted by molar-refractivity contribution is 9.10. The number of carbonyl (C=O) groups excluding carboxylic acids is 1. The molecule has 0 aromatic carbocycles. The third-order valence-electron chi connectivity index (χ3n) is 2.71. The van der Waals surface area contributed by atoms with Crippen LogP contribution in [0, 0.1) is 11.8 Å². The van der Waals surface area contributed by atoms with Crippen LogP contribution < -0.4 is 5.32 Å². The van der Waals surface area contributed by atoms with Crippen LogP contribution in [0.5, 0.6) is 0 Å². The van der Waals surface area contributed by atoms with Gasteiger partial charge in [0.15, 0.2) is 0 Å². The number of nitrogens with one attached hydrogen (secondary N) is 1. The number of nitrogens with zero attached hydrogens (tertiary/aromatic N) is 1. The van der Waals surface area contributed by atoms with Crippen molar-refractivity contribution in [2.75, 3.05) is 5.32 Å². The molecule has 3 nitrogen and oxygen atoms in total. The van der Waals surface area contributed by atoms with E-state index < -0.39 is 0 Å². The lowest BCUT2D eigenvalue weighted by molar-refractivity contribution is -0.119. The van der Waals surface area contributed by atoms with Gasteiger partial charge in [0, 0.05) is 5.92 Å². The third kappa shape index (κ3) is 2.78. The molecule has 2 rings (SSSR count). The van der Waals surface area contributed by atoms with E-state index in [2.05, 4.69) is 26.2 Å². The van der Waals surface area contributed by atoms with Crippen LogP contribution in [0.15, 0.2) is 22.8 Å². The number of rotatable bonds is 3. The Labute approximate surface area is 97.4 Å². The first-order valence-corrected chi connectivity index (χ1v) is 5.89. The molecule has 1 heterocycles. The maximum atomic E-state index is 11.7. The number of amides is 1. The average molecular weight is 269 g/mol. The first-order chi connectivity index (χ1) is 7.16. The third-order valence-corrected chi connectivity index (χ3v) is 3.15. The maximum absolute atomic E-state index is 11.7. The molecule has 1 saturated carbocycles. The maximum Gasteiger partial charge on any atom is 0.228 e. The van der Waals surface area contributed by atoms with E-state index in [0.717, 1.165) is 4.60 Å². The second kappa shape index (κ2) is 4.31. The second-order valence-electron chi connectivity index (χ2n) is 3.96. The van der Waals surface area contributed by atoms with E-state index in [9.17, 15) is 4.79 Å². The number of aromatic nitrogens is 1. The highest BCUT2D eigenvalue weighted by atomic mass is 79.9. The Morgan fingerprint density at radius 2 is 2.33 bits per heavy atom. The van der Waals surface area contributed by atoms with Crippen molar-refractivity contribution in [1.29, 1.82) is 0 Å². The molecule has 1 fully saturated rings. The monoisotopic (exact) mass is 268 g/mol. The van der Waals surface area contributed by atoms with E-state index in [4.69, 9.17) is 0 Å². The molecule has 0 spiro atoms. The molecule has 0 saturated heterocycles. The summed E-state index contributed by atoms with van der Waals surface area (Å²) in [6, 6.07) is 5.48. The van der Waals surface area contributed by atoms with Crippen molar-refractivity contribution >= 4 is 27.7 Å². The molecule has 0 bridgehead atoms. The van der Waals surface area contributed by atoms with Gasteiger partial charge in [0.1, 0.15) is 10.4 Å². The summed E-state index contributed by atoms with van der Waals surface area (Å²) in [5.41, 5.74) is 0. The summed E-state index contributed by atoms with van der Waals surface area (Å²) in [5, 5.41) is 2.82. The van der Waals surface area contributed by atoms with E-state index in [-0.39, 0.29) is 11.8 Å². The van der Waals surface area contributed by atoms with Crippen LogP contribution in [0.3, 0.4) is 0 Å². The fraction of sp³-hybridized carbons (Fsp3) is 0.455. The highest BCUT2D eigenvalue weighted by Gasteiger charge is 2.32. The van der Waals surface area contributed by atoms with Crippen LogP contribution in [0.1, 0.15) is 19.8 Å². The molecule has 80 valence electrons. The zero-order chi connectivity index (χ0) is 10.8. The molecule has 1 N–H and O–H groups in total. The predicted molar refractivity (Wildman–Crippen MR) is 62.5 cm³/mol. The van der Waals surface area contributed by atoms with Crippen molar-refractivity contribution in [2.45, 2.75) is 19.8 Å². The van der Waals surface area contributed by atoms with Gasteiger partial charge in [-0.25, -0.2) is 4.98 Å². The minimum atomic E-state index is 0.0723. The van der Waals surface area contributed by atoms with Crippen LogP contribution in [0.4, 0.5) is 5.82 Å². The minimum absolute atomic E-state index is 0.0723. The molecule has 15 heavy (non-hydrogen) atoms. The fourth-order valence-corrected chi connectivity index (χ4v) is 1.87. The Kier molecular flexibility index (Phi) is 3.05. The number of hydrogen-bond acceptors (Lipinski definition) is 2. The van der Waals surface area contributed by atoms with Crippen molar-refractivity contribution in [3.63, 3.8) is 0 Å². The molecule has 1 amide bonds. The topological polar surface area (TPSA) is 42.0 Å². The summed E-state index contributed by atoms with van der Waals surface area (Å²) in [5.74, 6) is 1.37. The van der Waals surface area contributed by atoms with E-state index in [1.807, 2.05) is 19.1 Å². The van der Waals surface area contributed by atoms with Gasteiger partial charge in [0.2, 0.25) is 5.91 Å². The standard InChI is InChI=1S/C11H13BrN2O/c1-7(8-5-6-8)11(15)14-10-4-2-3-9(12)13-10/h2-4,7-8H,5-6H2,1H3,(H,13,14,15). The number of anilines is 1. The van der Waals surface area contributed by atoms with Crippen LogP contribution in [0.25, 0.3) is 0 Å². The van der Waals surface area contributed by atoms with Gasteiger partial charge < -0.3 is 5.32 Å². The number of pyridine rings is 1. The molecule has 1 aliphatic carbocycles. The predicted octanol–water partition coefficient (Wildman–Crippen LogP) is 2.83. The lowest BCUT2D eigenvalue weighted by Crippen LogP contribution is -2.22. The SMILES string of the molecule is CC(C(=O)Nc1cccc(Br)n1)C1CC1. The summed E-state index contributed by atoms with van der Waals surface area (Å²) in [6.07, 6.45) is 2.36. The van der Waals surface area contributed by atoms with E-state index in [1.54, 1.807) is 6.07 Å². The van der Waals surface area contributed by atoms with E-state index in [0.29, 0.717) is 11.7 Å². The lowest BCUT2D eigenvalue weighted by Gasteiger charge is -2.10. The molecule has 1 aromatic rings. The van der Waals surface area contributed by atoms with Gasteiger partial charge in [-0.1, -0.05) is 13.0 Å². The zero-order valence-electron chi connectivity index (χ0n) is 8.53. The summed E-state index contributed by atoms with van der Waals surface area (Å²) in [7, 11) is 0. The van der Waals surface area contributed by atoms with E-state index in [1.165, 1.54) is 12.8 Å². The molecule has 0 aliphatic heterocycles. The highest BCUT2D eigenvalue weighted by Crippen LogP contribution is 2.36. The summed E-state index contributed by atoms with van der Waals surface area (Å²) in [6.45, 7) is 1.98. The Morgan fingerprint density at radius 3 is 2.93 bits per heavy atom. The van der Waals surface area contributed by atoms with E-state index >= 15 is 0 Å². The van der Waals surface area contributed by atoms with Gasteiger partial charge >= 0.3 is 0 Å². The van der Waals surface area contributed by atoms with Crippen LogP contribution in [-0.4, -0.2) is 10.9 Å². The molecule has 4 heteroatoms. The Hall–Kier alpha value is -0.900. The first-order valence-electron chi connectivity index (χ1n) is 5.10. The zero-order valence-corrected chi connectivity index (χ0v) is 10.1. The normalized spacial score (nSPS) is 17.2. The van der Waals surface area contributed by atoms with Gasteiger partial charge in [-0.15, -0.1) is 0 Å². The van der Waals surface area contributed by atoms with Crippen molar-refractivity contribution in [3.8, 4) is 0 Å². The fourth-order valence-electron chi connectivity index (χ4n) is 1.53. The molecule has 0 radical (unpaired) electrons. The molecular formula is C11H13BrN2O. The summed E-state index contributed by atoms with van der Waals surface area (Å²) >= 11 is 3.27. The summed E-state index contributed by atoms with van der Waals surface area (Å²) in [4.78, 5) is 15.9. The molecule has 1 aromatic heterocycles. The van der Waals surface area contributed by atoms with Crippen molar-refractivity contribution in [3.05, 3.63) is 22.8 Å². The Bertz CT molecular complexity index is 377. The number of hydrogen-bond donors (Lipinski definition) is 1. The van der Waals surface area contributed by atoms with Crippen LogP contribution in [-0.2, 0) is 4.79 Å². The van der Waals surface area contributed by atoms with Crippen LogP contribution >= 0.6 is 15.9 Å². The van der Waals surface area contributed by atoms with Crippen molar-refractivity contribution in [2.24, 2.45) is 11.8 Å². The van der Waals surface area contributed by atoms with Crippen molar-refractivity contribution in [1.82, 2.24) is 4.98 Å². The smallest absolute Gasteiger partial charge is 0.228 e. The largest absolute Gasteiger partial charge is 0.310 e. The molecular weight excluding hydrogens is 256 g/mol. The van der Waals surface area contributed by atoms with Gasteiger partial charge in [-0.3, -0.25) is 4.79 Å². The average Bonchev–Trinajstić information content (AvgIpc) is 2.99. The summed E-state index contributed by atoms with van der Waals surface area (Å²) < 4.78 is 0.736. The van der Waals surface area contributed by atoms with Crippen LogP contribution in [0.2, 0.25) is 0 Å². The van der Waals surface area contributed by atoms with Gasteiger partial charge in [0.05, 0.1) is 0 Å². The van der Waals surface area contributed by atoms with Gasteiger partial charge in [0.25, 0.3) is 0 Å². The van der Waals surface area contributed by atoms with Crippen molar-refractivity contribution < 1.29 is 4.79 Å². The first kappa shape index (κ1) is 10.6. The molecule has 1 aliphatic rings. The van der Waals surface area contributed by atoms with Gasteiger partial charge in [-0.2, -0.15) is 0 Å². The van der Waals surface area contributed by atoms with Gasteiger partial charge in [-0.05, 0) is 46.8 Å². The molecule has 1 unspecified atom stereocenters. The molecule has 1 atom stereocenters. The second-order valence-corrected chi connectivity index (χ2v) is 4.77. The minimum Gasteiger partial charge on any atom is -0.310 e.